The summed E-state index contributed by atoms with van der Waals surface area (Å²) in [6.45, 7) is 8.84. The summed E-state index contributed by atoms with van der Waals surface area (Å²) < 4.78 is 24.3. The van der Waals surface area contributed by atoms with Gasteiger partial charge < -0.3 is 18.9 Å². The first-order valence-electron chi connectivity index (χ1n) is 13.4. The molecule has 3 rings (SSSR count). The average Bonchev–Trinajstić information content (AvgIpc) is 3.54. The van der Waals surface area contributed by atoms with E-state index in [9.17, 15) is 9.59 Å². The molecule has 0 bridgehead atoms. The Labute approximate surface area is 211 Å². The van der Waals surface area contributed by atoms with Crippen molar-refractivity contribution in [3.8, 4) is 0 Å². The van der Waals surface area contributed by atoms with Gasteiger partial charge in [0.2, 0.25) is 0 Å². The van der Waals surface area contributed by atoms with E-state index in [1.165, 1.54) is 7.11 Å². The molecule has 0 N–H and O–H groups in total. The van der Waals surface area contributed by atoms with Gasteiger partial charge in [0.25, 0.3) is 0 Å². The van der Waals surface area contributed by atoms with Gasteiger partial charge in [-0.3, -0.25) is 9.59 Å². The van der Waals surface area contributed by atoms with Crippen LogP contribution in [0.15, 0.2) is 30.3 Å². The molecule has 1 aromatic carbocycles. The number of rotatable bonds is 13. The van der Waals surface area contributed by atoms with E-state index in [2.05, 4.69) is 26.0 Å². The Morgan fingerprint density at radius 2 is 1.57 bits per heavy atom. The third-order valence-corrected chi connectivity index (χ3v) is 7.84. The Kier molecular flexibility index (Phi) is 10.7. The van der Waals surface area contributed by atoms with Crippen molar-refractivity contribution < 1.29 is 28.5 Å². The first kappa shape index (κ1) is 27.8. The number of Topliss-reactive ketones (excluding diaryl/α,β-unsaturated/α-hetero) is 1. The third-order valence-electron chi connectivity index (χ3n) is 7.84. The van der Waals surface area contributed by atoms with Crippen LogP contribution in [0.5, 0.6) is 0 Å². The summed E-state index contributed by atoms with van der Waals surface area (Å²) in [5.74, 6) is 0.0734. The van der Waals surface area contributed by atoms with Gasteiger partial charge in [0, 0.05) is 24.7 Å². The maximum absolute atomic E-state index is 12.2. The molecule has 2 aliphatic heterocycles. The van der Waals surface area contributed by atoms with Gasteiger partial charge in [0.1, 0.15) is 5.78 Å². The molecule has 2 heterocycles. The molecule has 0 aromatic heterocycles. The molecule has 0 saturated carbocycles. The lowest BCUT2D eigenvalue weighted by atomic mass is 9.84. The molecule has 0 radical (unpaired) electrons. The van der Waals surface area contributed by atoms with Gasteiger partial charge in [-0.05, 0) is 44.6 Å². The fourth-order valence-electron chi connectivity index (χ4n) is 5.66. The highest BCUT2D eigenvalue weighted by molar-refractivity contribution is 5.78. The minimum Gasteiger partial charge on any atom is -0.469 e. The molecule has 1 aromatic rings. The summed E-state index contributed by atoms with van der Waals surface area (Å²) in [6, 6.07) is 10.2. The fraction of sp³-hybridized carbons (Fsp3) is 0.724. The lowest BCUT2D eigenvalue weighted by Crippen LogP contribution is -2.41. The second kappa shape index (κ2) is 13.5. The molecule has 6 nitrogen and oxygen atoms in total. The van der Waals surface area contributed by atoms with Crippen LogP contribution in [-0.2, 0) is 35.1 Å². The number of hydrogen-bond acceptors (Lipinski definition) is 6. The van der Waals surface area contributed by atoms with Gasteiger partial charge in [-0.25, -0.2) is 0 Å². The van der Waals surface area contributed by atoms with Gasteiger partial charge >= 0.3 is 5.97 Å². The predicted molar refractivity (Wildman–Crippen MR) is 135 cm³/mol. The van der Waals surface area contributed by atoms with Crippen molar-refractivity contribution >= 4 is 11.8 Å². The Morgan fingerprint density at radius 1 is 0.943 bits per heavy atom. The molecule has 0 unspecified atom stereocenters. The van der Waals surface area contributed by atoms with Crippen molar-refractivity contribution in [3.63, 3.8) is 0 Å². The van der Waals surface area contributed by atoms with E-state index in [0.29, 0.717) is 25.2 Å². The maximum Gasteiger partial charge on any atom is 0.311 e. The number of methoxy groups -OCH3 is 1. The molecule has 0 amide bonds. The van der Waals surface area contributed by atoms with Crippen LogP contribution in [0.2, 0.25) is 0 Å². The molecule has 2 aliphatic rings. The topological polar surface area (TPSA) is 71.1 Å². The molecule has 0 aliphatic carbocycles. The largest absolute Gasteiger partial charge is 0.469 e. The summed E-state index contributed by atoms with van der Waals surface area (Å²) in [5.41, 5.74) is 1.14. The standard InChI is InChI=1S/C29H44O6/c1-6-10-23(30)17-24-13-14-25(34-24)19(2)28(33-18-22-11-8-7-9-12-22)20(3)26-15-16-27(35-26)21(4)29(31)32-5/h7-9,11-12,19-21,24-28H,6,10,13-18H2,1-5H3/t19-,20-,21-,24+,25-,26+,27-,28+/m1/s1. The van der Waals surface area contributed by atoms with Gasteiger partial charge in [-0.15, -0.1) is 0 Å². The second-order valence-electron chi connectivity index (χ2n) is 10.4. The summed E-state index contributed by atoms with van der Waals surface area (Å²) in [4.78, 5) is 24.2. The summed E-state index contributed by atoms with van der Waals surface area (Å²) >= 11 is 0. The van der Waals surface area contributed by atoms with E-state index in [1.54, 1.807) is 0 Å². The van der Waals surface area contributed by atoms with Crippen molar-refractivity contribution in [1.82, 2.24) is 0 Å². The number of carbonyl (C=O) groups is 2. The second-order valence-corrected chi connectivity index (χ2v) is 10.4. The van der Waals surface area contributed by atoms with Crippen LogP contribution in [0.1, 0.15) is 78.2 Å². The number of benzene rings is 1. The Bertz CT molecular complexity index is 796. The van der Waals surface area contributed by atoms with E-state index >= 15 is 0 Å². The first-order chi connectivity index (χ1) is 16.8. The Balaban J connectivity index is 1.66. The van der Waals surface area contributed by atoms with Gasteiger partial charge in [0.15, 0.2) is 0 Å². The summed E-state index contributed by atoms with van der Waals surface area (Å²) in [7, 11) is 1.42. The lowest BCUT2D eigenvalue weighted by Gasteiger charge is -2.36. The Hall–Kier alpha value is -1.76. The van der Waals surface area contributed by atoms with Gasteiger partial charge in [-0.2, -0.15) is 0 Å². The smallest absolute Gasteiger partial charge is 0.311 e. The molecular formula is C29H44O6. The fourth-order valence-corrected chi connectivity index (χ4v) is 5.66. The highest BCUT2D eigenvalue weighted by atomic mass is 16.5. The van der Waals surface area contributed by atoms with Crippen molar-refractivity contribution in [1.29, 1.82) is 0 Å². The highest BCUT2D eigenvalue weighted by Gasteiger charge is 2.42. The van der Waals surface area contributed by atoms with E-state index in [1.807, 2.05) is 32.0 Å². The zero-order valence-electron chi connectivity index (χ0n) is 22.1. The van der Waals surface area contributed by atoms with Crippen molar-refractivity contribution in [2.45, 2.75) is 110 Å². The number of carbonyl (C=O) groups excluding carboxylic acids is 2. The number of ether oxygens (including phenoxy) is 4. The normalized spacial score (nSPS) is 27.8. The minimum absolute atomic E-state index is 0.0126. The van der Waals surface area contributed by atoms with E-state index in [-0.39, 0.29) is 54.2 Å². The number of esters is 1. The van der Waals surface area contributed by atoms with Crippen molar-refractivity contribution in [2.24, 2.45) is 17.8 Å². The van der Waals surface area contributed by atoms with Crippen LogP contribution in [0.3, 0.4) is 0 Å². The van der Waals surface area contributed by atoms with Gasteiger partial charge in [-0.1, -0.05) is 51.1 Å². The molecule has 196 valence electrons. The highest BCUT2D eigenvalue weighted by Crippen LogP contribution is 2.38. The van der Waals surface area contributed by atoms with E-state index in [0.717, 1.165) is 37.7 Å². The monoisotopic (exact) mass is 488 g/mol. The minimum atomic E-state index is -0.280. The number of hydrogen-bond donors (Lipinski definition) is 0. The van der Waals surface area contributed by atoms with Crippen molar-refractivity contribution in [3.05, 3.63) is 35.9 Å². The zero-order valence-corrected chi connectivity index (χ0v) is 22.1. The van der Waals surface area contributed by atoms with E-state index < -0.39 is 0 Å². The summed E-state index contributed by atoms with van der Waals surface area (Å²) in [5, 5.41) is 0. The molecule has 0 spiro atoms. The van der Waals surface area contributed by atoms with Crippen LogP contribution in [0.4, 0.5) is 0 Å². The quantitative estimate of drug-likeness (QED) is 0.341. The average molecular weight is 489 g/mol. The molecule has 6 heteroatoms. The molecule has 8 atom stereocenters. The summed E-state index contributed by atoms with van der Waals surface area (Å²) in [6.07, 6.45) is 5.51. The first-order valence-corrected chi connectivity index (χ1v) is 13.4. The Morgan fingerprint density at radius 3 is 2.23 bits per heavy atom. The zero-order chi connectivity index (χ0) is 25.4. The van der Waals surface area contributed by atoms with Crippen LogP contribution < -0.4 is 0 Å². The predicted octanol–water partition coefficient (Wildman–Crippen LogP) is 5.51. The van der Waals surface area contributed by atoms with E-state index in [4.69, 9.17) is 18.9 Å². The molecular weight excluding hydrogens is 444 g/mol. The van der Waals surface area contributed by atoms with Crippen LogP contribution in [0.25, 0.3) is 0 Å². The molecule has 35 heavy (non-hydrogen) atoms. The number of ketones is 1. The SMILES string of the molecule is CCCC(=O)C[C@@H]1CC[C@H]([C@@H](C)[C@H](OCc2ccccc2)[C@H](C)[C@@H]2CC[C@H]([C@@H](C)C(=O)OC)O2)O1. The van der Waals surface area contributed by atoms with Gasteiger partial charge in [0.05, 0.1) is 50.2 Å². The van der Waals surface area contributed by atoms with Crippen LogP contribution in [-0.4, -0.2) is 49.4 Å². The lowest BCUT2D eigenvalue weighted by molar-refractivity contribution is -0.152. The van der Waals surface area contributed by atoms with Crippen LogP contribution >= 0.6 is 0 Å². The third kappa shape index (κ3) is 7.61. The maximum atomic E-state index is 12.2. The molecule has 2 fully saturated rings. The molecule has 2 saturated heterocycles. The van der Waals surface area contributed by atoms with Crippen molar-refractivity contribution in [2.75, 3.05) is 7.11 Å². The van der Waals surface area contributed by atoms with Crippen LogP contribution in [0, 0.1) is 17.8 Å².